The Kier molecular flexibility index (Phi) is 5.72. The first-order valence-corrected chi connectivity index (χ1v) is 7.99. The average Bonchev–Trinajstić information content (AvgIpc) is 2.68. The summed E-state index contributed by atoms with van der Waals surface area (Å²) in [6.45, 7) is 0.164. The zero-order chi connectivity index (χ0) is 18.2. The van der Waals surface area contributed by atoms with Crippen LogP contribution in [0.5, 0.6) is 5.75 Å². The molecule has 1 heterocycles. The first-order valence-electron chi connectivity index (χ1n) is 7.99. The van der Waals surface area contributed by atoms with Crippen molar-refractivity contribution in [3.05, 3.63) is 78.1 Å². The molecule has 3 rings (SSSR count). The normalized spacial score (nSPS) is 10.2. The number of amides is 1. The SMILES string of the molecule is O=C(COc1ccccc1)Nc1ccc(NCc2ccccc2F)nn1. The monoisotopic (exact) mass is 352 g/mol. The number of aromatic nitrogens is 2. The Balaban J connectivity index is 1.48. The molecule has 26 heavy (non-hydrogen) atoms. The second kappa shape index (κ2) is 8.57. The second-order valence-electron chi connectivity index (χ2n) is 5.40. The lowest BCUT2D eigenvalue weighted by molar-refractivity contribution is -0.118. The number of ether oxygens (including phenoxy) is 1. The molecule has 132 valence electrons. The summed E-state index contributed by atoms with van der Waals surface area (Å²) in [5.74, 6) is 0.779. The topological polar surface area (TPSA) is 76.1 Å². The summed E-state index contributed by atoms with van der Waals surface area (Å²) in [5.41, 5.74) is 0.532. The van der Waals surface area contributed by atoms with Crippen molar-refractivity contribution in [3.63, 3.8) is 0 Å². The summed E-state index contributed by atoms with van der Waals surface area (Å²) in [7, 11) is 0. The number of benzene rings is 2. The van der Waals surface area contributed by atoms with Gasteiger partial charge in [-0.05, 0) is 30.3 Å². The van der Waals surface area contributed by atoms with E-state index in [-0.39, 0.29) is 24.9 Å². The number of carbonyl (C=O) groups is 1. The largest absolute Gasteiger partial charge is 0.484 e. The molecule has 0 saturated carbocycles. The molecular weight excluding hydrogens is 335 g/mol. The van der Waals surface area contributed by atoms with Gasteiger partial charge in [0.2, 0.25) is 0 Å². The molecule has 6 nitrogen and oxygen atoms in total. The fourth-order valence-electron chi connectivity index (χ4n) is 2.17. The lowest BCUT2D eigenvalue weighted by Gasteiger charge is -2.08. The van der Waals surface area contributed by atoms with Gasteiger partial charge >= 0.3 is 0 Å². The predicted molar refractivity (Wildman–Crippen MR) is 96.3 cm³/mol. The molecule has 0 aliphatic heterocycles. The van der Waals surface area contributed by atoms with E-state index >= 15 is 0 Å². The molecule has 3 aromatic rings. The molecule has 0 radical (unpaired) electrons. The Morgan fingerprint density at radius 2 is 1.62 bits per heavy atom. The van der Waals surface area contributed by atoms with Crippen molar-refractivity contribution in [3.8, 4) is 5.75 Å². The first kappa shape index (κ1) is 17.3. The maximum atomic E-state index is 13.6. The van der Waals surface area contributed by atoms with E-state index in [1.165, 1.54) is 6.07 Å². The maximum absolute atomic E-state index is 13.6. The zero-order valence-electron chi connectivity index (χ0n) is 13.9. The minimum Gasteiger partial charge on any atom is -0.484 e. The third kappa shape index (κ3) is 5.01. The van der Waals surface area contributed by atoms with Gasteiger partial charge in [-0.15, -0.1) is 10.2 Å². The molecule has 2 aromatic carbocycles. The Bertz CT molecular complexity index is 857. The number of anilines is 2. The highest BCUT2D eigenvalue weighted by Crippen LogP contribution is 2.11. The van der Waals surface area contributed by atoms with Crippen LogP contribution in [0.1, 0.15) is 5.56 Å². The van der Waals surface area contributed by atoms with Crippen LogP contribution in [0.25, 0.3) is 0 Å². The number of carbonyl (C=O) groups excluding carboxylic acids is 1. The molecule has 0 spiro atoms. The number of nitrogens with zero attached hydrogens (tertiary/aromatic N) is 2. The van der Waals surface area contributed by atoms with Crippen LogP contribution in [0.15, 0.2) is 66.7 Å². The Morgan fingerprint density at radius 3 is 2.35 bits per heavy atom. The van der Waals surface area contributed by atoms with Gasteiger partial charge in [0, 0.05) is 12.1 Å². The molecular formula is C19H17FN4O2. The van der Waals surface area contributed by atoms with E-state index in [1.807, 2.05) is 18.2 Å². The third-order valence-electron chi connectivity index (χ3n) is 3.46. The molecule has 0 bridgehead atoms. The van der Waals surface area contributed by atoms with Gasteiger partial charge in [0.05, 0.1) is 0 Å². The van der Waals surface area contributed by atoms with Gasteiger partial charge in [0.25, 0.3) is 5.91 Å². The molecule has 0 atom stereocenters. The standard InChI is InChI=1S/C19H17FN4O2/c20-16-9-5-4-6-14(16)12-21-17-10-11-18(24-23-17)22-19(25)13-26-15-7-2-1-3-8-15/h1-11H,12-13H2,(H,21,23)(H,22,24,25). The van der Waals surface area contributed by atoms with Gasteiger partial charge in [-0.25, -0.2) is 4.39 Å². The van der Waals surface area contributed by atoms with Crippen LogP contribution in [0.4, 0.5) is 16.0 Å². The summed E-state index contributed by atoms with van der Waals surface area (Å²) in [6, 6.07) is 18.8. The van der Waals surface area contributed by atoms with Crippen molar-refractivity contribution in [2.75, 3.05) is 17.2 Å². The van der Waals surface area contributed by atoms with Crippen molar-refractivity contribution in [2.45, 2.75) is 6.54 Å². The van der Waals surface area contributed by atoms with Crippen LogP contribution in [0.3, 0.4) is 0 Å². The van der Waals surface area contributed by atoms with Crippen molar-refractivity contribution in [1.82, 2.24) is 10.2 Å². The molecule has 0 unspecified atom stereocenters. The molecule has 0 aliphatic carbocycles. The number of nitrogens with one attached hydrogen (secondary N) is 2. The Morgan fingerprint density at radius 1 is 0.923 bits per heavy atom. The van der Waals surface area contributed by atoms with E-state index in [2.05, 4.69) is 20.8 Å². The van der Waals surface area contributed by atoms with Gasteiger partial charge in [-0.3, -0.25) is 4.79 Å². The highest BCUT2D eigenvalue weighted by molar-refractivity contribution is 5.90. The number of para-hydroxylation sites is 1. The van der Waals surface area contributed by atoms with E-state index < -0.39 is 0 Å². The van der Waals surface area contributed by atoms with Crippen LogP contribution in [-0.4, -0.2) is 22.7 Å². The van der Waals surface area contributed by atoms with Gasteiger partial charge in [-0.2, -0.15) is 0 Å². The summed E-state index contributed by atoms with van der Waals surface area (Å²) in [6.07, 6.45) is 0. The van der Waals surface area contributed by atoms with Crippen LogP contribution < -0.4 is 15.4 Å². The molecule has 1 amide bonds. The van der Waals surface area contributed by atoms with Gasteiger partial charge in [0.1, 0.15) is 17.4 Å². The Hall–Kier alpha value is -3.48. The fourth-order valence-corrected chi connectivity index (χ4v) is 2.17. The quantitative estimate of drug-likeness (QED) is 0.683. The van der Waals surface area contributed by atoms with Gasteiger partial charge in [-0.1, -0.05) is 36.4 Å². The lowest BCUT2D eigenvalue weighted by atomic mass is 10.2. The lowest BCUT2D eigenvalue weighted by Crippen LogP contribution is -2.21. The fraction of sp³-hybridized carbons (Fsp3) is 0.105. The third-order valence-corrected chi connectivity index (χ3v) is 3.46. The number of halogens is 1. The summed E-state index contributed by atoms with van der Waals surface area (Å²) >= 11 is 0. The summed E-state index contributed by atoms with van der Waals surface area (Å²) in [4.78, 5) is 11.9. The Labute approximate surface area is 150 Å². The van der Waals surface area contributed by atoms with Crippen molar-refractivity contribution >= 4 is 17.5 Å². The zero-order valence-corrected chi connectivity index (χ0v) is 13.9. The van der Waals surface area contributed by atoms with E-state index in [9.17, 15) is 9.18 Å². The smallest absolute Gasteiger partial charge is 0.263 e. The molecule has 7 heteroatoms. The van der Waals surface area contributed by atoms with Crippen molar-refractivity contribution in [1.29, 1.82) is 0 Å². The molecule has 1 aromatic heterocycles. The first-order chi connectivity index (χ1) is 12.7. The van der Waals surface area contributed by atoms with Crippen LogP contribution in [0, 0.1) is 5.82 Å². The van der Waals surface area contributed by atoms with Gasteiger partial charge < -0.3 is 15.4 Å². The molecule has 0 fully saturated rings. The van der Waals surface area contributed by atoms with Gasteiger partial charge in [0.15, 0.2) is 12.4 Å². The van der Waals surface area contributed by atoms with E-state index in [4.69, 9.17) is 4.74 Å². The highest BCUT2D eigenvalue weighted by atomic mass is 19.1. The summed E-state index contributed by atoms with van der Waals surface area (Å²) < 4.78 is 18.9. The molecule has 2 N–H and O–H groups in total. The van der Waals surface area contributed by atoms with E-state index in [0.29, 0.717) is 22.9 Å². The number of hydrogen-bond donors (Lipinski definition) is 2. The van der Waals surface area contributed by atoms with Crippen LogP contribution in [0.2, 0.25) is 0 Å². The van der Waals surface area contributed by atoms with Crippen molar-refractivity contribution in [2.24, 2.45) is 0 Å². The number of hydrogen-bond acceptors (Lipinski definition) is 5. The van der Waals surface area contributed by atoms with Crippen LogP contribution in [-0.2, 0) is 11.3 Å². The average molecular weight is 352 g/mol. The number of rotatable bonds is 7. The van der Waals surface area contributed by atoms with Crippen LogP contribution >= 0.6 is 0 Å². The molecule has 0 aliphatic rings. The highest BCUT2D eigenvalue weighted by Gasteiger charge is 2.06. The molecule has 0 saturated heterocycles. The second-order valence-corrected chi connectivity index (χ2v) is 5.40. The predicted octanol–water partition coefficient (Wildman–Crippen LogP) is 3.25. The van der Waals surface area contributed by atoms with E-state index in [0.717, 1.165) is 0 Å². The summed E-state index contributed by atoms with van der Waals surface area (Å²) in [5, 5.41) is 13.4. The van der Waals surface area contributed by atoms with E-state index in [1.54, 1.807) is 42.5 Å². The minimum absolute atomic E-state index is 0.126. The minimum atomic E-state index is -0.338. The van der Waals surface area contributed by atoms with Crippen molar-refractivity contribution < 1.29 is 13.9 Å². The maximum Gasteiger partial charge on any atom is 0.263 e.